The van der Waals surface area contributed by atoms with Gasteiger partial charge in [0.1, 0.15) is 8.07 Å². The van der Waals surface area contributed by atoms with Crippen LogP contribution in [0.15, 0.2) is 43.0 Å². The van der Waals surface area contributed by atoms with E-state index in [-0.39, 0.29) is 0 Å². The fraction of sp³-hybridized carbons (Fsp3) is 0.444. The Morgan fingerprint density at radius 3 is 2.58 bits per heavy atom. The van der Waals surface area contributed by atoms with E-state index in [1.165, 1.54) is 18.4 Å². The van der Waals surface area contributed by atoms with Gasteiger partial charge in [-0.05, 0) is 30.4 Å². The Morgan fingerprint density at radius 1 is 1.26 bits per heavy atom. The first-order valence-electron chi connectivity index (χ1n) is 7.20. The number of hydrogen-bond acceptors (Lipinski definition) is 0. The standard InChI is InChI=1S/C18H26Si/c1-5-17(2)12-8-7-11-15-19(3,4)16-18-13-9-6-10-14-18/h5-6,9-10,13-14,17H,1,7-8,12,16H2,2-4H3/t17-/m0/s1. The van der Waals surface area contributed by atoms with E-state index in [2.05, 4.69) is 68.4 Å². The van der Waals surface area contributed by atoms with Gasteiger partial charge in [0.05, 0.1) is 0 Å². The van der Waals surface area contributed by atoms with Gasteiger partial charge < -0.3 is 0 Å². The van der Waals surface area contributed by atoms with Crippen molar-refractivity contribution in [3.05, 3.63) is 48.6 Å². The molecule has 0 saturated carbocycles. The third-order valence-corrected chi connectivity index (χ3v) is 5.42. The Balaban J connectivity index is 2.40. The van der Waals surface area contributed by atoms with E-state index in [0.29, 0.717) is 5.92 Å². The average Bonchev–Trinajstić information content (AvgIpc) is 2.38. The van der Waals surface area contributed by atoms with Crippen LogP contribution in [-0.4, -0.2) is 8.07 Å². The molecule has 0 bridgehead atoms. The smallest absolute Gasteiger partial charge is 0.131 e. The van der Waals surface area contributed by atoms with Crippen LogP contribution in [0.2, 0.25) is 13.1 Å². The summed E-state index contributed by atoms with van der Waals surface area (Å²) in [7, 11) is -1.41. The normalized spacial score (nSPS) is 12.4. The Kier molecular flexibility index (Phi) is 6.66. The molecule has 1 aromatic rings. The molecule has 0 aliphatic heterocycles. The minimum atomic E-state index is -1.41. The molecule has 19 heavy (non-hydrogen) atoms. The molecular formula is C18H26Si. The second-order valence-electron chi connectivity index (χ2n) is 5.95. The van der Waals surface area contributed by atoms with Crippen LogP contribution in [0.5, 0.6) is 0 Å². The molecule has 0 saturated heterocycles. The highest BCUT2D eigenvalue weighted by Gasteiger charge is 2.18. The van der Waals surface area contributed by atoms with Gasteiger partial charge in [-0.15, -0.1) is 18.0 Å². The Labute approximate surface area is 120 Å². The molecule has 1 heteroatoms. The van der Waals surface area contributed by atoms with E-state index in [4.69, 9.17) is 0 Å². The van der Waals surface area contributed by atoms with Crippen molar-refractivity contribution in [2.24, 2.45) is 5.92 Å². The fourth-order valence-corrected chi connectivity index (χ4v) is 4.03. The molecule has 0 heterocycles. The molecule has 0 spiro atoms. The SMILES string of the molecule is C=C[C@H](C)CCCC#C[Si](C)(C)Cc1ccccc1. The highest BCUT2D eigenvalue weighted by atomic mass is 28.3. The zero-order valence-corrected chi connectivity index (χ0v) is 13.6. The van der Waals surface area contributed by atoms with E-state index < -0.39 is 8.07 Å². The zero-order chi connectivity index (χ0) is 14.1. The van der Waals surface area contributed by atoms with Gasteiger partial charge >= 0.3 is 0 Å². The van der Waals surface area contributed by atoms with Gasteiger partial charge in [0.25, 0.3) is 0 Å². The molecule has 0 fully saturated rings. The maximum Gasteiger partial charge on any atom is 0.136 e. The lowest BCUT2D eigenvalue weighted by molar-refractivity contribution is 0.617. The van der Waals surface area contributed by atoms with E-state index in [0.717, 1.165) is 12.5 Å². The van der Waals surface area contributed by atoms with Crippen molar-refractivity contribution in [3.8, 4) is 11.5 Å². The van der Waals surface area contributed by atoms with Gasteiger partial charge in [-0.1, -0.05) is 56.4 Å². The largest absolute Gasteiger partial charge is 0.136 e. The number of hydrogen-bond donors (Lipinski definition) is 0. The molecule has 102 valence electrons. The first kappa shape index (κ1) is 15.8. The van der Waals surface area contributed by atoms with Gasteiger partial charge in [-0.25, -0.2) is 0 Å². The quantitative estimate of drug-likeness (QED) is 0.295. The third-order valence-electron chi connectivity index (χ3n) is 3.28. The van der Waals surface area contributed by atoms with Gasteiger partial charge in [0.2, 0.25) is 0 Å². The number of rotatable bonds is 6. The monoisotopic (exact) mass is 270 g/mol. The molecule has 0 amide bonds. The van der Waals surface area contributed by atoms with Crippen molar-refractivity contribution in [2.45, 2.75) is 45.3 Å². The molecule has 0 aliphatic rings. The summed E-state index contributed by atoms with van der Waals surface area (Å²) >= 11 is 0. The molecule has 0 nitrogen and oxygen atoms in total. The van der Waals surface area contributed by atoms with Crippen molar-refractivity contribution in [1.29, 1.82) is 0 Å². The summed E-state index contributed by atoms with van der Waals surface area (Å²) in [6.45, 7) is 10.8. The highest BCUT2D eigenvalue weighted by molar-refractivity contribution is 6.84. The topological polar surface area (TPSA) is 0 Å². The highest BCUT2D eigenvalue weighted by Crippen LogP contribution is 2.11. The molecule has 0 N–H and O–H groups in total. The predicted octanol–water partition coefficient (Wildman–Crippen LogP) is 5.01. The molecular weight excluding hydrogens is 244 g/mol. The van der Waals surface area contributed by atoms with Crippen LogP contribution in [0.4, 0.5) is 0 Å². The van der Waals surface area contributed by atoms with E-state index in [1.807, 2.05) is 6.08 Å². The average molecular weight is 270 g/mol. The summed E-state index contributed by atoms with van der Waals surface area (Å²) in [6, 6.07) is 11.9. The number of unbranched alkanes of at least 4 members (excludes halogenated alkanes) is 1. The molecule has 0 aromatic heterocycles. The van der Waals surface area contributed by atoms with Gasteiger partial charge in [-0.2, -0.15) is 0 Å². The molecule has 0 radical (unpaired) electrons. The molecule has 1 rings (SSSR count). The fourth-order valence-electron chi connectivity index (χ4n) is 2.08. The summed E-state index contributed by atoms with van der Waals surface area (Å²) in [5.41, 5.74) is 4.99. The van der Waals surface area contributed by atoms with Crippen molar-refractivity contribution in [1.82, 2.24) is 0 Å². The van der Waals surface area contributed by atoms with Crippen molar-refractivity contribution >= 4 is 8.07 Å². The van der Waals surface area contributed by atoms with Crippen molar-refractivity contribution in [2.75, 3.05) is 0 Å². The summed E-state index contributed by atoms with van der Waals surface area (Å²) in [6.07, 6.45) is 5.46. The van der Waals surface area contributed by atoms with E-state index in [1.54, 1.807) is 0 Å². The molecule has 0 aliphatic carbocycles. The van der Waals surface area contributed by atoms with Gasteiger partial charge in [-0.3, -0.25) is 0 Å². The van der Waals surface area contributed by atoms with Crippen LogP contribution in [-0.2, 0) is 6.04 Å². The minimum Gasteiger partial charge on any atom is -0.131 e. The third kappa shape index (κ3) is 7.03. The van der Waals surface area contributed by atoms with Crippen LogP contribution in [0.1, 0.15) is 31.7 Å². The predicted molar refractivity (Wildman–Crippen MR) is 88.6 cm³/mol. The maximum absolute atomic E-state index is 3.82. The Bertz CT molecular complexity index is 434. The summed E-state index contributed by atoms with van der Waals surface area (Å²) < 4.78 is 0. The zero-order valence-electron chi connectivity index (χ0n) is 12.6. The minimum absolute atomic E-state index is 0.622. The summed E-state index contributed by atoms with van der Waals surface area (Å²) in [5.74, 6) is 4.02. The first-order chi connectivity index (χ1) is 9.03. The van der Waals surface area contributed by atoms with Crippen LogP contribution in [0, 0.1) is 17.4 Å². The van der Waals surface area contributed by atoms with E-state index >= 15 is 0 Å². The van der Waals surface area contributed by atoms with Crippen molar-refractivity contribution in [3.63, 3.8) is 0 Å². The maximum atomic E-state index is 3.82. The number of allylic oxidation sites excluding steroid dienone is 1. The first-order valence-corrected chi connectivity index (χ1v) is 10.4. The second-order valence-corrected chi connectivity index (χ2v) is 10.3. The lowest BCUT2D eigenvalue weighted by Crippen LogP contribution is -2.27. The lowest BCUT2D eigenvalue weighted by atomic mass is 10.1. The number of benzene rings is 1. The van der Waals surface area contributed by atoms with E-state index in [9.17, 15) is 0 Å². The Morgan fingerprint density at radius 2 is 1.95 bits per heavy atom. The van der Waals surface area contributed by atoms with Gasteiger partial charge in [0, 0.05) is 6.42 Å². The Hall–Kier alpha value is -1.26. The van der Waals surface area contributed by atoms with Crippen LogP contribution in [0.3, 0.4) is 0 Å². The van der Waals surface area contributed by atoms with Gasteiger partial charge in [0.15, 0.2) is 0 Å². The second kappa shape index (κ2) is 8.02. The van der Waals surface area contributed by atoms with Crippen LogP contribution >= 0.6 is 0 Å². The lowest BCUT2D eigenvalue weighted by Gasteiger charge is -2.14. The van der Waals surface area contributed by atoms with Crippen LogP contribution in [0.25, 0.3) is 0 Å². The van der Waals surface area contributed by atoms with Crippen molar-refractivity contribution < 1.29 is 0 Å². The molecule has 1 aromatic carbocycles. The molecule has 1 atom stereocenters. The summed E-state index contributed by atoms with van der Waals surface area (Å²) in [5, 5.41) is 0. The molecule has 0 unspecified atom stereocenters. The summed E-state index contributed by atoms with van der Waals surface area (Å²) in [4.78, 5) is 0. The van der Waals surface area contributed by atoms with Crippen LogP contribution < -0.4 is 0 Å².